The minimum atomic E-state index is -0.0525. The zero-order valence-electron chi connectivity index (χ0n) is 14.2. The second-order valence-corrected chi connectivity index (χ2v) is 6.19. The lowest BCUT2D eigenvalue weighted by Crippen LogP contribution is -2.34. The Balaban J connectivity index is 1.35. The van der Waals surface area contributed by atoms with Crippen molar-refractivity contribution in [3.63, 3.8) is 0 Å². The number of nitrogens with zero attached hydrogens (tertiary/aromatic N) is 4. The van der Waals surface area contributed by atoms with E-state index in [-0.39, 0.29) is 12.0 Å². The molecule has 0 aliphatic carbocycles. The van der Waals surface area contributed by atoms with E-state index in [1.54, 1.807) is 23.4 Å². The van der Waals surface area contributed by atoms with Gasteiger partial charge in [0.25, 0.3) is 0 Å². The van der Waals surface area contributed by atoms with Crippen LogP contribution in [0.5, 0.6) is 5.75 Å². The number of ether oxygens (including phenoxy) is 1. The molecule has 1 amide bonds. The average molecular weight is 349 g/mol. The van der Waals surface area contributed by atoms with Crippen LogP contribution in [0.3, 0.4) is 0 Å². The summed E-state index contributed by atoms with van der Waals surface area (Å²) >= 11 is 0. The molecule has 1 atom stereocenters. The number of hydrogen-bond donors (Lipinski definition) is 1. The Labute approximate surface area is 151 Å². The molecule has 4 rings (SSSR count). The number of fused-ring (bicyclic) bond motifs is 1. The van der Waals surface area contributed by atoms with Gasteiger partial charge in [0.1, 0.15) is 24.5 Å². The summed E-state index contributed by atoms with van der Waals surface area (Å²) in [5, 5.41) is 6.93. The molecule has 1 unspecified atom stereocenters. The van der Waals surface area contributed by atoms with Crippen LogP contribution in [0.2, 0.25) is 0 Å². The SMILES string of the molecule is O=C(CCn1cncn1)NCC1Cc2cccc(-c3ccncc3)c2O1. The number of nitrogens with one attached hydrogen (secondary N) is 1. The van der Waals surface area contributed by atoms with Gasteiger partial charge in [-0.15, -0.1) is 0 Å². The van der Waals surface area contributed by atoms with Crippen molar-refractivity contribution < 1.29 is 9.53 Å². The van der Waals surface area contributed by atoms with Crippen molar-refractivity contribution in [1.29, 1.82) is 0 Å². The average Bonchev–Trinajstić information content (AvgIpc) is 3.34. The van der Waals surface area contributed by atoms with E-state index in [2.05, 4.69) is 26.4 Å². The molecule has 1 aliphatic heterocycles. The van der Waals surface area contributed by atoms with Crippen LogP contribution >= 0.6 is 0 Å². The van der Waals surface area contributed by atoms with Crippen molar-refractivity contribution in [2.45, 2.75) is 25.5 Å². The van der Waals surface area contributed by atoms with E-state index < -0.39 is 0 Å². The van der Waals surface area contributed by atoms with E-state index in [1.165, 1.54) is 11.9 Å². The van der Waals surface area contributed by atoms with Crippen LogP contribution in [0.1, 0.15) is 12.0 Å². The van der Waals surface area contributed by atoms with E-state index in [9.17, 15) is 4.79 Å². The fourth-order valence-electron chi connectivity index (χ4n) is 3.09. The molecule has 0 radical (unpaired) electrons. The van der Waals surface area contributed by atoms with Gasteiger partial charge in [-0.05, 0) is 23.3 Å². The first-order valence-electron chi connectivity index (χ1n) is 8.57. The second kappa shape index (κ2) is 7.35. The molecule has 132 valence electrons. The molecule has 1 N–H and O–H groups in total. The molecule has 0 saturated heterocycles. The van der Waals surface area contributed by atoms with Crippen LogP contribution in [0.4, 0.5) is 0 Å². The van der Waals surface area contributed by atoms with Gasteiger partial charge in [-0.25, -0.2) is 4.98 Å². The van der Waals surface area contributed by atoms with Gasteiger partial charge in [0.2, 0.25) is 5.91 Å². The van der Waals surface area contributed by atoms with Gasteiger partial charge in [-0.3, -0.25) is 14.5 Å². The van der Waals surface area contributed by atoms with Crippen molar-refractivity contribution in [2.24, 2.45) is 0 Å². The van der Waals surface area contributed by atoms with E-state index in [1.807, 2.05) is 24.3 Å². The topological polar surface area (TPSA) is 81.9 Å². The highest BCUT2D eigenvalue weighted by molar-refractivity contribution is 5.76. The molecule has 0 fully saturated rings. The molecule has 7 heteroatoms. The van der Waals surface area contributed by atoms with Gasteiger partial charge >= 0.3 is 0 Å². The maximum Gasteiger partial charge on any atom is 0.221 e. The number of carbonyl (C=O) groups excluding carboxylic acids is 1. The molecule has 7 nitrogen and oxygen atoms in total. The number of hydrogen-bond acceptors (Lipinski definition) is 5. The van der Waals surface area contributed by atoms with Crippen LogP contribution in [0.15, 0.2) is 55.4 Å². The fourth-order valence-corrected chi connectivity index (χ4v) is 3.09. The largest absolute Gasteiger partial charge is 0.487 e. The standard InChI is InChI=1S/C19H19N5O2/c25-18(6-9-24-13-21-12-23-24)22-11-16-10-15-2-1-3-17(19(15)26-16)14-4-7-20-8-5-14/h1-5,7-8,12-13,16H,6,9-11H2,(H,22,25). The summed E-state index contributed by atoms with van der Waals surface area (Å²) in [4.78, 5) is 19.9. The quantitative estimate of drug-likeness (QED) is 0.734. The number of para-hydroxylation sites is 1. The first-order chi connectivity index (χ1) is 12.8. The first-order valence-corrected chi connectivity index (χ1v) is 8.57. The lowest BCUT2D eigenvalue weighted by Gasteiger charge is -2.13. The minimum Gasteiger partial charge on any atom is -0.487 e. The summed E-state index contributed by atoms with van der Waals surface area (Å²) in [6, 6.07) is 10.1. The molecule has 1 aromatic carbocycles. The summed E-state index contributed by atoms with van der Waals surface area (Å²) < 4.78 is 7.77. The van der Waals surface area contributed by atoms with Gasteiger partial charge in [-0.2, -0.15) is 5.10 Å². The maximum absolute atomic E-state index is 12.0. The number of rotatable bonds is 6. The number of carbonyl (C=O) groups is 1. The molecule has 3 aromatic rings. The van der Waals surface area contributed by atoms with Crippen LogP contribution in [0.25, 0.3) is 11.1 Å². The summed E-state index contributed by atoms with van der Waals surface area (Å²) in [5.41, 5.74) is 3.31. The molecule has 1 aliphatic rings. The molecular weight excluding hydrogens is 330 g/mol. The van der Waals surface area contributed by atoms with E-state index in [0.717, 1.165) is 23.3 Å². The predicted octanol–water partition coefficient (Wildman–Crippen LogP) is 1.85. The van der Waals surface area contributed by atoms with Crippen LogP contribution in [0, 0.1) is 0 Å². The van der Waals surface area contributed by atoms with Gasteiger partial charge in [-0.1, -0.05) is 18.2 Å². The Bertz CT molecular complexity index is 880. The third kappa shape index (κ3) is 3.56. The van der Waals surface area contributed by atoms with E-state index >= 15 is 0 Å². The minimum absolute atomic E-state index is 0.0191. The summed E-state index contributed by atoms with van der Waals surface area (Å²) in [6.45, 7) is 1.00. The Morgan fingerprint density at radius 1 is 1.23 bits per heavy atom. The molecule has 0 spiro atoms. The van der Waals surface area contributed by atoms with Crippen molar-refractivity contribution in [2.75, 3.05) is 6.54 Å². The van der Waals surface area contributed by atoms with Crippen LogP contribution < -0.4 is 10.1 Å². The highest BCUT2D eigenvalue weighted by Gasteiger charge is 2.25. The molecule has 3 heterocycles. The zero-order chi connectivity index (χ0) is 17.8. The Kier molecular flexibility index (Phi) is 4.59. The van der Waals surface area contributed by atoms with Crippen molar-refractivity contribution in [1.82, 2.24) is 25.1 Å². The number of benzene rings is 1. The summed E-state index contributed by atoms with van der Waals surface area (Å²) in [7, 11) is 0. The fraction of sp³-hybridized carbons (Fsp3) is 0.263. The molecule has 2 aromatic heterocycles. The normalized spacial score (nSPS) is 15.3. The van der Waals surface area contributed by atoms with Crippen LogP contribution in [-0.4, -0.2) is 38.3 Å². The number of amides is 1. The Morgan fingerprint density at radius 3 is 2.92 bits per heavy atom. The smallest absolute Gasteiger partial charge is 0.221 e. The van der Waals surface area contributed by atoms with E-state index in [4.69, 9.17) is 4.74 Å². The van der Waals surface area contributed by atoms with Crippen molar-refractivity contribution in [3.8, 4) is 16.9 Å². The lowest BCUT2D eigenvalue weighted by atomic mass is 10.0. The Hall–Kier alpha value is -3.22. The van der Waals surface area contributed by atoms with Crippen molar-refractivity contribution >= 4 is 5.91 Å². The van der Waals surface area contributed by atoms with Gasteiger partial charge in [0, 0.05) is 30.8 Å². The molecule has 0 saturated carbocycles. The third-order valence-corrected chi connectivity index (χ3v) is 4.38. The first kappa shape index (κ1) is 16.3. The van der Waals surface area contributed by atoms with Crippen molar-refractivity contribution in [3.05, 3.63) is 60.9 Å². The maximum atomic E-state index is 12.0. The second-order valence-electron chi connectivity index (χ2n) is 6.19. The zero-order valence-corrected chi connectivity index (χ0v) is 14.2. The molecule has 0 bridgehead atoms. The highest BCUT2D eigenvalue weighted by Crippen LogP contribution is 2.38. The third-order valence-electron chi connectivity index (χ3n) is 4.38. The molecule has 26 heavy (non-hydrogen) atoms. The number of aryl methyl sites for hydroxylation is 1. The summed E-state index contributed by atoms with van der Waals surface area (Å²) in [6.07, 6.45) is 7.71. The monoisotopic (exact) mass is 349 g/mol. The van der Waals surface area contributed by atoms with Crippen LogP contribution in [-0.2, 0) is 17.8 Å². The van der Waals surface area contributed by atoms with Gasteiger partial charge < -0.3 is 10.1 Å². The van der Waals surface area contributed by atoms with Gasteiger partial charge in [0.05, 0.1) is 13.1 Å². The van der Waals surface area contributed by atoms with E-state index in [0.29, 0.717) is 19.5 Å². The predicted molar refractivity (Wildman–Crippen MR) is 95.4 cm³/mol. The highest BCUT2D eigenvalue weighted by atomic mass is 16.5. The number of aromatic nitrogens is 4. The number of pyridine rings is 1. The Morgan fingerprint density at radius 2 is 2.12 bits per heavy atom. The lowest BCUT2D eigenvalue weighted by molar-refractivity contribution is -0.121. The summed E-state index contributed by atoms with van der Waals surface area (Å²) in [5.74, 6) is 0.884. The van der Waals surface area contributed by atoms with Gasteiger partial charge in [0.15, 0.2) is 0 Å². The molecular formula is C19H19N5O2.